The number of nitrogens with zero attached hydrogens (tertiary/aromatic N) is 4. The number of benzene rings is 1. The molecular weight excluding hydrogens is 402 g/mol. The topological polar surface area (TPSA) is 60.4 Å². The van der Waals surface area contributed by atoms with E-state index in [4.69, 9.17) is 9.73 Å². The molecule has 0 spiro atoms. The van der Waals surface area contributed by atoms with Crippen LogP contribution in [0.25, 0.3) is 0 Å². The highest BCUT2D eigenvalue weighted by molar-refractivity contribution is 5.98. The first-order chi connectivity index (χ1) is 15.5. The second-order valence-electron chi connectivity index (χ2n) is 9.54. The maximum absolute atomic E-state index is 12.1. The largest absolute Gasteiger partial charge is 0.381 e. The molecule has 7 heteroatoms. The summed E-state index contributed by atoms with van der Waals surface area (Å²) in [4.78, 5) is 24.0. The van der Waals surface area contributed by atoms with E-state index in [9.17, 15) is 4.79 Å². The minimum Gasteiger partial charge on any atom is -0.381 e. The van der Waals surface area contributed by atoms with Gasteiger partial charge in [0, 0.05) is 63.0 Å². The number of carbonyl (C=O) groups excluding carboxylic acids is 1. The number of likely N-dealkylation sites (N-methyl/N-ethyl adjacent to an activating group) is 1. The van der Waals surface area contributed by atoms with E-state index in [2.05, 4.69) is 60.4 Å². The molecule has 176 valence electrons. The number of ether oxygens (including phenoxy) is 1. The Morgan fingerprint density at radius 3 is 2.75 bits per heavy atom. The number of hydrogen-bond acceptors (Lipinski definition) is 4. The number of guanidine groups is 1. The zero-order chi connectivity index (χ0) is 22.6. The summed E-state index contributed by atoms with van der Waals surface area (Å²) in [6.45, 7) is 8.00. The molecule has 3 aliphatic rings. The Hall–Kier alpha value is -2.12. The Morgan fingerprint density at radius 2 is 2.06 bits per heavy atom. The zero-order valence-corrected chi connectivity index (χ0v) is 20.0. The molecule has 0 radical (unpaired) electrons. The lowest BCUT2D eigenvalue weighted by atomic mass is 9.89. The molecule has 3 heterocycles. The van der Waals surface area contributed by atoms with Crippen LogP contribution < -0.4 is 10.2 Å². The number of rotatable bonds is 7. The van der Waals surface area contributed by atoms with Crippen LogP contribution in [0.5, 0.6) is 0 Å². The van der Waals surface area contributed by atoms with Crippen LogP contribution in [0.15, 0.2) is 29.3 Å². The number of amides is 1. The van der Waals surface area contributed by atoms with Crippen molar-refractivity contribution in [3.05, 3.63) is 29.8 Å². The summed E-state index contributed by atoms with van der Waals surface area (Å²) < 4.78 is 5.64. The van der Waals surface area contributed by atoms with Crippen molar-refractivity contribution in [2.45, 2.75) is 50.5 Å². The summed E-state index contributed by atoms with van der Waals surface area (Å²) >= 11 is 0. The lowest BCUT2D eigenvalue weighted by Gasteiger charge is -2.42. The smallest absolute Gasteiger partial charge is 0.222 e. The van der Waals surface area contributed by atoms with Crippen LogP contribution in [0.4, 0.5) is 5.69 Å². The molecule has 1 N–H and O–H groups in total. The maximum Gasteiger partial charge on any atom is 0.222 e. The van der Waals surface area contributed by atoms with Crippen molar-refractivity contribution in [3.8, 4) is 0 Å². The third-order valence-electron chi connectivity index (χ3n) is 7.48. The molecule has 1 aromatic rings. The average molecular weight is 442 g/mol. The van der Waals surface area contributed by atoms with Crippen LogP contribution in [0.1, 0.15) is 50.5 Å². The van der Waals surface area contributed by atoms with Gasteiger partial charge >= 0.3 is 0 Å². The van der Waals surface area contributed by atoms with Crippen LogP contribution in [0, 0.1) is 0 Å². The van der Waals surface area contributed by atoms with Crippen LogP contribution in [0.2, 0.25) is 0 Å². The molecule has 2 saturated heterocycles. The van der Waals surface area contributed by atoms with Gasteiger partial charge < -0.3 is 24.8 Å². The number of likely N-dealkylation sites (tertiary alicyclic amines) is 1. The fraction of sp³-hybridized carbons (Fsp3) is 0.680. The first kappa shape index (κ1) is 23.1. The lowest BCUT2D eigenvalue weighted by molar-refractivity contribution is -0.127. The van der Waals surface area contributed by atoms with Gasteiger partial charge in [-0.3, -0.25) is 9.79 Å². The van der Waals surface area contributed by atoms with Crippen molar-refractivity contribution >= 4 is 17.6 Å². The number of fused-ring (bicyclic) bond motifs is 1. The summed E-state index contributed by atoms with van der Waals surface area (Å²) in [5.41, 5.74) is 2.67. The fourth-order valence-corrected chi connectivity index (χ4v) is 5.31. The molecule has 1 amide bonds. The number of hydrogen-bond donors (Lipinski definition) is 1. The number of carbonyl (C=O) groups is 1. The summed E-state index contributed by atoms with van der Waals surface area (Å²) in [6, 6.07) is 8.69. The summed E-state index contributed by atoms with van der Waals surface area (Å²) in [5, 5.41) is 3.55. The average Bonchev–Trinajstić information content (AvgIpc) is 3.39. The predicted octanol–water partition coefficient (Wildman–Crippen LogP) is 2.68. The van der Waals surface area contributed by atoms with E-state index in [1.165, 1.54) is 11.3 Å². The third-order valence-corrected chi connectivity index (χ3v) is 7.48. The Bertz CT molecular complexity index is 818. The summed E-state index contributed by atoms with van der Waals surface area (Å²) in [6.07, 6.45) is 4.72. The van der Waals surface area contributed by atoms with E-state index >= 15 is 0 Å². The van der Waals surface area contributed by atoms with E-state index in [-0.39, 0.29) is 5.54 Å². The van der Waals surface area contributed by atoms with E-state index < -0.39 is 0 Å². The van der Waals surface area contributed by atoms with Crippen molar-refractivity contribution in [1.82, 2.24) is 15.1 Å². The summed E-state index contributed by atoms with van der Waals surface area (Å²) in [5.74, 6) is 1.69. The minimum atomic E-state index is 0.0493. The van der Waals surface area contributed by atoms with Gasteiger partial charge in [0.2, 0.25) is 5.91 Å². The SMILES string of the molecule is CCNC(=NCC1(N(C)C)CCOCC1)N1CC(CCN2CCCC2=O)c2ccccc21. The molecule has 32 heavy (non-hydrogen) atoms. The van der Waals surface area contributed by atoms with Crippen LogP contribution in [-0.4, -0.2) is 87.2 Å². The van der Waals surface area contributed by atoms with Gasteiger partial charge in [-0.1, -0.05) is 18.2 Å². The Morgan fingerprint density at radius 1 is 1.28 bits per heavy atom. The van der Waals surface area contributed by atoms with E-state index in [1.54, 1.807) is 0 Å². The molecule has 4 rings (SSSR count). The number of nitrogens with one attached hydrogen (secondary N) is 1. The maximum atomic E-state index is 12.1. The van der Waals surface area contributed by atoms with Crippen LogP contribution in [-0.2, 0) is 9.53 Å². The van der Waals surface area contributed by atoms with E-state index in [1.807, 2.05) is 4.90 Å². The lowest BCUT2D eigenvalue weighted by Crippen LogP contribution is -2.52. The molecule has 1 aromatic carbocycles. The van der Waals surface area contributed by atoms with Gasteiger partial charge in [0.15, 0.2) is 5.96 Å². The summed E-state index contributed by atoms with van der Waals surface area (Å²) in [7, 11) is 4.32. The van der Waals surface area contributed by atoms with Gasteiger partial charge in [-0.05, 0) is 58.3 Å². The normalized spacial score (nSPS) is 23.2. The second-order valence-corrected chi connectivity index (χ2v) is 9.54. The number of aliphatic imine (C=N–C) groups is 1. The first-order valence-electron chi connectivity index (χ1n) is 12.2. The molecule has 3 aliphatic heterocycles. The monoisotopic (exact) mass is 441 g/mol. The Balaban J connectivity index is 1.52. The van der Waals surface area contributed by atoms with Crippen molar-refractivity contribution in [2.75, 3.05) is 64.9 Å². The number of anilines is 1. The van der Waals surface area contributed by atoms with Crippen molar-refractivity contribution in [3.63, 3.8) is 0 Å². The van der Waals surface area contributed by atoms with Gasteiger partial charge in [-0.2, -0.15) is 0 Å². The third kappa shape index (κ3) is 4.79. The van der Waals surface area contributed by atoms with Gasteiger partial charge in [0.1, 0.15) is 0 Å². The Labute approximate surface area is 192 Å². The van der Waals surface area contributed by atoms with Gasteiger partial charge in [0.25, 0.3) is 0 Å². The van der Waals surface area contributed by atoms with Crippen LogP contribution >= 0.6 is 0 Å². The highest BCUT2D eigenvalue weighted by Crippen LogP contribution is 2.38. The van der Waals surface area contributed by atoms with Gasteiger partial charge in [-0.25, -0.2) is 0 Å². The number of para-hydroxylation sites is 1. The molecule has 2 fully saturated rings. The molecular formula is C25H39N5O2. The molecule has 7 nitrogen and oxygen atoms in total. The highest BCUT2D eigenvalue weighted by Gasteiger charge is 2.36. The van der Waals surface area contributed by atoms with Gasteiger partial charge in [0.05, 0.1) is 6.54 Å². The standard InChI is InChI=1S/C25H39N5O2/c1-4-26-24(27-19-25(28(2)3)12-16-32-17-13-25)30-18-20(21-8-5-6-9-22(21)30)11-15-29-14-7-10-23(29)31/h5-6,8-9,20H,4,7,10-19H2,1-3H3,(H,26,27). The quantitative estimate of drug-likeness (QED) is 0.521. The van der Waals surface area contributed by atoms with Crippen molar-refractivity contribution in [2.24, 2.45) is 4.99 Å². The first-order valence-corrected chi connectivity index (χ1v) is 12.2. The molecule has 1 unspecified atom stereocenters. The van der Waals surface area contributed by atoms with Crippen molar-refractivity contribution < 1.29 is 9.53 Å². The predicted molar refractivity (Wildman–Crippen MR) is 129 cm³/mol. The molecule has 1 atom stereocenters. The minimum absolute atomic E-state index is 0.0493. The second kappa shape index (κ2) is 10.2. The molecule has 0 aromatic heterocycles. The molecule has 0 bridgehead atoms. The van der Waals surface area contributed by atoms with Gasteiger partial charge in [-0.15, -0.1) is 0 Å². The van der Waals surface area contributed by atoms with Crippen LogP contribution in [0.3, 0.4) is 0 Å². The fourth-order valence-electron chi connectivity index (χ4n) is 5.31. The van der Waals surface area contributed by atoms with Crippen molar-refractivity contribution in [1.29, 1.82) is 0 Å². The molecule has 0 aliphatic carbocycles. The zero-order valence-electron chi connectivity index (χ0n) is 20.0. The van der Waals surface area contributed by atoms with E-state index in [0.29, 0.717) is 18.2 Å². The Kier molecular flexibility index (Phi) is 7.36. The molecule has 0 saturated carbocycles. The highest BCUT2D eigenvalue weighted by atomic mass is 16.5. The van der Waals surface area contributed by atoms with E-state index in [0.717, 1.165) is 77.6 Å².